The van der Waals surface area contributed by atoms with Crippen molar-refractivity contribution in [3.05, 3.63) is 28.9 Å². The normalized spacial score (nSPS) is 10.1. The Hall–Kier alpha value is -1.56. The van der Waals surface area contributed by atoms with Crippen LogP contribution in [-0.4, -0.2) is 19.8 Å². The van der Waals surface area contributed by atoms with Crippen LogP contribution in [0.3, 0.4) is 0 Å². The van der Waals surface area contributed by atoms with Gasteiger partial charge in [0.2, 0.25) is 0 Å². The van der Waals surface area contributed by atoms with Crippen molar-refractivity contribution < 1.29 is 0 Å². The van der Waals surface area contributed by atoms with Gasteiger partial charge >= 0.3 is 0 Å². The van der Waals surface area contributed by atoms with Crippen molar-refractivity contribution >= 4 is 17.4 Å². The Bertz CT molecular complexity index is 400. The predicted molar refractivity (Wildman–Crippen MR) is 54.0 cm³/mol. The molecule has 0 saturated heterocycles. The predicted octanol–water partition coefficient (Wildman–Crippen LogP) is 1.25. The topological polar surface area (TPSA) is 63.6 Å². The van der Waals surface area contributed by atoms with Crippen LogP contribution >= 0.6 is 11.5 Å². The highest BCUT2D eigenvalue weighted by Crippen LogP contribution is 2.05. The van der Waals surface area contributed by atoms with E-state index in [0.29, 0.717) is 6.54 Å². The zero-order valence-corrected chi connectivity index (χ0v) is 8.45. The van der Waals surface area contributed by atoms with Gasteiger partial charge in [-0.2, -0.15) is 5.10 Å². The molecule has 2 rings (SSSR count). The first-order valence-corrected chi connectivity index (χ1v) is 4.97. The van der Waals surface area contributed by atoms with E-state index in [1.54, 1.807) is 6.20 Å². The number of aryl methyl sites for hydroxylation is 1. The van der Waals surface area contributed by atoms with E-state index in [-0.39, 0.29) is 0 Å². The van der Waals surface area contributed by atoms with Crippen molar-refractivity contribution in [2.75, 3.05) is 5.32 Å². The molecule has 0 fully saturated rings. The van der Waals surface area contributed by atoms with Crippen LogP contribution in [0.25, 0.3) is 0 Å². The van der Waals surface area contributed by atoms with Crippen LogP contribution in [0.1, 0.15) is 11.3 Å². The molecule has 0 amide bonds. The van der Waals surface area contributed by atoms with Crippen LogP contribution in [0.4, 0.5) is 5.82 Å². The van der Waals surface area contributed by atoms with Crippen molar-refractivity contribution in [1.29, 1.82) is 0 Å². The van der Waals surface area contributed by atoms with E-state index < -0.39 is 0 Å². The summed E-state index contributed by atoms with van der Waals surface area (Å²) in [5.74, 6) is 0.762. The second kappa shape index (κ2) is 4.10. The summed E-state index contributed by atoms with van der Waals surface area (Å²) >= 11 is 1.34. The standard InChI is InChI=1S/C8H9N5S/c1-6-2-8(12-10-3-6)9-4-7-5-14-13-11-7/h2-3,5H,4H2,1H3,(H,9,12). The Morgan fingerprint density at radius 1 is 1.43 bits per heavy atom. The second-order valence-corrected chi connectivity index (χ2v) is 3.48. The fraction of sp³-hybridized carbons (Fsp3) is 0.250. The van der Waals surface area contributed by atoms with Gasteiger partial charge in [-0.05, 0) is 30.1 Å². The summed E-state index contributed by atoms with van der Waals surface area (Å²) in [6.07, 6.45) is 1.72. The number of hydrogen-bond donors (Lipinski definition) is 1. The molecule has 0 aromatic carbocycles. The number of hydrogen-bond acceptors (Lipinski definition) is 6. The van der Waals surface area contributed by atoms with Crippen molar-refractivity contribution in [2.24, 2.45) is 0 Å². The lowest BCUT2D eigenvalue weighted by molar-refractivity contribution is 0.954. The molecule has 0 saturated carbocycles. The number of aromatic nitrogens is 4. The first kappa shape index (κ1) is 9.01. The number of rotatable bonds is 3. The second-order valence-electron chi connectivity index (χ2n) is 2.87. The first-order valence-electron chi connectivity index (χ1n) is 4.14. The van der Waals surface area contributed by atoms with Gasteiger partial charge in [0.15, 0.2) is 0 Å². The fourth-order valence-corrected chi connectivity index (χ4v) is 1.44. The average Bonchev–Trinajstić information content (AvgIpc) is 2.67. The molecule has 0 aliphatic carbocycles. The molecule has 2 aromatic heterocycles. The third-order valence-corrected chi connectivity index (χ3v) is 2.20. The molecule has 2 aromatic rings. The zero-order chi connectivity index (χ0) is 9.80. The number of anilines is 1. The summed E-state index contributed by atoms with van der Waals surface area (Å²) in [5.41, 5.74) is 2.00. The van der Waals surface area contributed by atoms with E-state index in [0.717, 1.165) is 17.1 Å². The first-order chi connectivity index (χ1) is 6.84. The molecule has 0 radical (unpaired) electrons. The maximum atomic E-state index is 3.93. The summed E-state index contributed by atoms with van der Waals surface area (Å²) < 4.78 is 3.77. The largest absolute Gasteiger partial charge is 0.363 e. The van der Waals surface area contributed by atoms with Gasteiger partial charge in [0.1, 0.15) is 5.82 Å². The lowest BCUT2D eigenvalue weighted by atomic mass is 10.3. The molecule has 14 heavy (non-hydrogen) atoms. The minimum atomic E-state index is 0.634. The van der Waals surface area contributed by atoms with Gasteiger partial charge in [-0.1, -0.05) is 4.49 Å². The number of nitrogens with one attached hydrogen (secondary N) is 1. The van der Waals surface area contributed by atoms with E-state index in [4.69, 9.17) is 0 Å². The Balaban J connectivity index is 1.98. The van der Waals surface area contributed by atoms with Gasteiger partial charge in [-0.15, -0.1) is 10.2 Å². The van der Waals surface area contributed by atoms with E-state index in [1.807, 2.05) is 18.4 Å². The van der Waals surface area contributed by atoms with E-state index in [9.17, 15) is 0 Å². The van der Waals surface area contributed by atoms with Gasteiger partial charge in [0.05, 0.1) is 18.4 Å². The van der Waals surface area contributed by atoms with Crippen molar-refractivity contribution in [3.63, 3.8) is 0 Å². The molecule has 1 N–H and O–H groups in total. The molecule has 0 atom stereocenters. The molecule has 0 bridgehead atoms. The third-order valence-electron chi connectivity index (χ3n) is 1.65. The van der Waals surface area contributed by atoms with Crippen molar-refractivity contribution in [1.82, 2.24) is 19.8 Å². The van der Waals surface area contributed by atoms with E-state index in [2.05, 4.69) is 25.1 Å². The van der Waals surface area contributed by atoms with Crippen LogP contribution in [0.5, 0.6) is 0 Å². The summed E-state index contributed by atoms with van der Waals surface area (Å²) in [6, 6.07) is 1.94. The maximum absolute atomic E-state index is 3.93. The van der Waals surface area contributed by atoms with Crippen LogP contribution in [0.2, 0.25) is 0 Å². The molecule has 6 heteroatoms. The van der Waals surface area contributed by atoms with Crippen LogP contribution < -0.4 is 5.32 Å². The Morgan fingerprint density at radius 2 is 2.36 bits per heavy atom. The van der Waals surface area contributed by atoms with Crippen LogP contribution in [0, 0.1) is 6.92 Å². The molecule has 5 nitrogen and oxygen atoms in total. The van der Waals surface area contributed by atoms with Crippen LogP contribution in [0.15, 0.2) is 17.6 Å². The number of nitrogens with zero attached hydrogens (tertiary/aromatic N) is 4. The molecule has 72 valence electrons. The van der Waals surface area contributed by atoms with E-state index >= 15 is 0 Å². The molecule has 0 aliphatic heterocycles. The fourth-order valence-electron chi connectivity index (χ4n) is 0.992. The Kier molecular flexibility index (Phi) is 2.64. The zero-order valence-electron chi connectivity index (χ0n) is 7.64. The third kappa shape index (κ3) is 2.23. The highest BCUT2D eigenvalue weighted by Gasteiger charge is 1.97. The van der Waals surface area contributed by atoms with Gasteiger partial charge in [0.25, 0.3) is 0 Å². The Labute approximate surface area is 85.4 Å². The molecule has 0 aliphatic rings. The molecular formula is C8H9N5S. The molecule has 0 spiro atoms. The molecular weight excluding hydrogens is 198 g/mol. The lowest BCUT2D eigenvalue weighted by Gasteiger charge is -2.01. The van der Waals surface area contributed by atoms with Gasteiger partial charge in [0, 0.05) is 5.38 Å². The highest BCUT2D eigenvalue weighted by atomic mass is 32.1. The van der Waals surface area contributed by atoms with Crippen molar-refractivity contribution in [3.8, 4) is 0 Å². The quantitative estimate of drug-likeness (QED) is 0.820. The summed E-state index contributed by atoms with van der Waals surface area (Å²) in [7, 11) is 0. The SMILES string of the molecule is Cc1cnnc(NCc2csnn2)c1. The van der Waals surface area contributed by atoms with Crippen LogP contribution in [-0.2, 0) is 6.54 Å². The van der Waals surface area contributed by atoms with Crippen molar-refractivity contribution in [2.45, 2.75) is 13.5 Å². The molecule has 2 heterocycles. The lowest BCUT2D eigenvalue weighted by Crippen LogP contribution is -2.02. The summed E-state index contributed by atoms with van der Waals surface area (Å²) in [6.45, 7) is 2.61. The van der Waals surface area contributed by atoms with Gasteiger partial charge in [-0.3, -0.25) is 0 Å². The Morgan fingerprint density at radius 3 is 3.07 bits per heavy atom. The minimum absolute atomic E-state index is 0.634. The van der Waals surface area contributed by atoms with Gasteiger partial charge in [-0.25, -0.2) is 0 Å². The average molecular weight is 207 g/mol. The van der Waals surface area contributed by atoms with Gasteiger partial charge < -0.3 is 5.32 Å². The molecule has 0 unspecified atom stereocenters. The minimum Gasteiger partial charge on any atom is -0.363 e. The maximum Gasteiger partial charge on any atom is 0.149 e. The highest BCUT2D eigenvalue weighted by molar-refractivity contribution is 7.03. The summed E-state index contributed by atoms with van der Waals surface area (Å²) in [4.78, 5) is 0. The monoisotopic (exact) mass is 207 g/mol. The van der Waals surface area contributed by atoms with E-state index in [1.165, 1.54) is 11.5 Å². The summed E-state index contributed by atoms with van der Waals surface area (Å²) in [5, 5.41) is 16.7. The smallest absolute Gasteiger partial charge is 0.149 e.